The van der Waals surface area contributed by atoms with Crippen molar-refractivity contribution in [3.05, 3.63) is 17.0 Å². The molecule has 0 unspecified atom stereocenters. The lowest BCUT2D eigenvalue weighted by Gasteiger charge is -2.05. The summed E-state index contributed by atoms with van der Waals surface area (Å²) in [6.45, 7) is 0.279. The molecular formula is C10H13N3O2S. The second-order valence-corrected chi connectivity index (χ2v) is 4.65. The number of primary amides is 1. The highest BCUT2D eigenvalue weighted by Crippen LogP contribution is 2.22. The number of nitrogens with two attached hydrogens (primary N) is 1. The van der Waals surface area contributed by atoms with E-state index in [9.17, 15) is 9.59 Å². The zero-order valence-corrected chi connectivity index (χ0v) is 9.47. The average Bonchev–Trinajstić information content (AvgIpc) is 2.95. The van der Waals surface area contributed by atoms with E-state index in [0.717, 1.165) is 12.8 Å². The third kappa shape index (κ3) is 2.80. The number of carbonyl (C=O) groups is 2. The lowest BCUT2D eigenvalue weighted by Crippen LogP contribution is -2.29. The molecule has 2 rings (SSSR count). The second-order valence-electron chi connectivity index (χ2n) is 3.73. The highest BCUT2D eigenvalue weighted by Gasteiger charge is 2.21. The van der Waals surface area contributed by atoms with Gasteiger partial charge in [-0.3, -0.25) is 9.59 Å². The fourth-order valence-corrected chi connectivity index (χ4v) is 2.10. The summed E-state index contributed by atoms with van der Waals surface area (Å²) in [5, 5.41) is 8.01. The molecule has 6 heteroatoms. The quantitative estimate of drug-likeness (QED) is 0.701. The Hall–Kier alpha value is -1.40. The van der Waals surface area contributed by atoms with Gasteiger partial charge in [0.25, 0.3) is 5.91 Å². The van der Waals surface area contributed by atoms with E-state index in [-0.39, 0.29) is 12.5 Å². The predicted octanol–water partition coefficient (Wildman–Crippen LogP) is 0.537. The summed E-state index contributed by atoms with van der Waals surface area (Å²) < 4.78 is 0. The summed E-state index contributed by atoms with van der Waals surface area (Å²) in [5.74, 6) is -0.663. The number of nitrogens with one attached hydrogen (secondary N) is 2. The summed E-state index contributed by atoms with van der Waals surface area (Å²) in [6.07, 6.45) is 2.28. The van der Waals surface area contributed by atoms with Gasteiger partial charge in [0.15, 0.2) is 0 Å². The monoisotopic (exact) mass is 239 g/mol. The lowest BCUT2D eigenvalue weighted by atomic mass is 10.3. The van der Waals surface area contributed by atoms with E-state index >= 15 is 0 Å². The van der Waals surface area contributed by atoms with Crippen molar-refractivity contribution in [1.82, 2.24) is 5.32 Å². The molecule has 0 saturated heterocycles. The van der Waals surface area contributed by atoms with Crippen LogP contribution in [0, 0.1) is 0 Å². The van der Waals surface area contributed by atoms with Gasteiger partial charge >= 0.3 is 0 Å². The zero-order chi connectivity index (χ0) is 11.5. The maximum atomic E-state index is 11.5. The fraction of sp³-hybridized carbons (Fsp3) is 0.400. The molecule has 0 aliphatic heterocycles. The Morgan fingerprint density at radius 3 is 2.88 bits per heavy atom. The molecule has 1 aliphatic carbocycles. The van der Waals surface area contributed by atoms with Gasteiger partial charge in [0, 0.05) is 6.04 Å². The first-order chi connectivity index (χ1) is 7.66. The van der Waals surface area contributed by atoms with Gasteiger partial charge in [-0.05, 0) is 24.3 Å². The number of rotatable bonds is 5. The molecule has 4 N–H and O–H groups in total. The molecule has 1 aliphatic rings. The van der Waals surface area contributed by atoms with Gasteiger partial charge in [0.05, 0.1) is 12.1 Å². The van der Waals surface area contributed by atoms with Crippen LogP contribution in [-0.4, -0.2) is 24.4 Å². The van der Waals surface area contributed by atoms with Gasteiger partial charge in [0.1, 0.15) is 5.00 Å². The van der Waals surface area contributed by atoms with Crippen molar-refractivity contribution in [2.75, 3.05) is 11.9 Å². The average molecular weight is 239 g/mol. The third-order valence-electron chi connectivity index (χ3n) is 2.31. The van der Waals surface area contributed by atoms with Crippen molar-refractivity contribution in [3.8, 4) is 0 Å². The molecular weight excluding hydrogens is 226 g/mol. The van der Waals surface area contributed by atoms with Gasteiger partial charge < -0.3 is 16.4 Å². The minimum atomic E-state index is -0.522. The minimum Gasteiger partial charge on any atom is -0.366 e. The Kier molecular flexibility index (Phi) is 3.21. The maximum absolute atomic E-state index is 11.5. The van der Waals surface area contributed by atoms with Crippen LogP contribution in [0.1, 0.15) is 23.2 Å². The van der Waals surface area contributed by atoms with E-state index in [0.29, 0.717) is 16.6 Å². The molecule has 1 aromatic rings. The number of amides is 2. The molecule has 0 spiro atoms. The highest BCUT2D eigenvalue weighted by molar-refractivity contribution is 7.14. The molecule has 1 heterocycles. The van der Waals surface area contributed by atoms with Gasteiger partial charge in [0.2, 0.25) is 5.91 Å². The van der Waals surface area contributed by atoms with E-state index in [4.69, 9.17) is 5.73 Å². The van der Waals surface area contributed by atoms with Crippen LogP contribution in [0.4, 0.5) is 5.00 Å². The molecule has 1 fully saturated rings. The molecule has 1 saturated carbocycles. The van der Waals surface area contributed by atoms with Crippen LogP contribution in [0.15, 0.2) is 11.4 Å². The van der Waals surface area contributed by atoms with Crippen LogP contribution in [0.3, 0.4) is 0 Å². The Labute approximate surface area is 97.0 Å². The van der Waals surface area contributed by atoms with Gasteiger partial charge in [-0.25, -0.2) is 0 Å². The number of anilines is 1. The molecule has 1 aromatic heterocycles. The Bertz CT molecular complexity index is 412. The Morgan fingerprint density at radius 2 is 2.25 bits per heavy atom. The number of carbonyl (C=O) groups excluding carboxylic acids is 2. The van der Waals surface area contributed by atoms with Crippen LogP contribution in [0.5, 0.6) is 0 Å². The van der Waals surface area contributed by atoms with Crippen LogP contribution >= 0.6 is 11.3 Å². The minimum absolute atomic E-state index is 0.142. The Morgan fingerprint density at radius 1 is 1.50 bits per heavy atom. The lowest BCUT2D eigenvalue weighted by molar-refractivity contribution is -0.115. The zero-order valence-electron chi connectivity index (χ0n) is 8.66. The van der Waals surface area contributed by atoms with Gasteiger partial charge in [-0.1, -0.05) is 0 Å². The fourth-order valence-electron chi connectivity index (χ4n) is 1.30. The molecule has 0 atom stereocenters. The SMILES string of the molecule is NC(=O)c1ccsc1NC(=O)CNC1CC1. The van der Waals surface area contributed by atoms with Crippen molar-refractivity contribution in [3.63, 3.8) is 0 Å². The summed E-state index contributed by atoms with van der Waals surface area (Å²) in [5.41, 5.74) is 5.53. The second kappa shape index (κ2) is 4.63. The number of thiophene rings is 1. The van der Waals surface area contributed by atoms with Crippen molar-refractivity contribution in [2.45, 2.75) is 18.9 Å². The third-order valence-corrected chi connectivity index (χ3v) is 3.14. The first kappa shape index (κ1) is 11.1. The molecule has 2 amide bonds. The first-order valence-electron chi connectivity index (χ1n) is 5.07. The highest BCUT2D eigenvalue weighted by atomic mass is 32.1. The van der Waals surface area contributed by atoms with E-state index in [1.807, 2.05) is 0 Å². The first-order valence-corrected chi connectivity index (χ1v) is 5.95. The smallest absolute Gasteiger partial charge is 0.251 e. The normalized spacial score (nSPS) is 14.8. The molecule has 5 nitrogen and oxygen atoms in total. The molecule has 0 radical (unpaired) electrons. The molecule has 0 bridgehead atoms. The van der Waals surface area contributed by atoms with E-state index in [2.05, 4.69) is 10.6 Å². The number of hydrogen-bond acceptors (Lipinski definition) is 4. The van der Waals surface area contributed by atoms with Crippen LogP contribution in [0.2, 0.25) is 0 Å². The largest absolute Gasteiger partial charge is 0.366 e. The molecule has 86 valence electrons. The van der Waals surface area contributed by atoms with E-state index in [1.165, 1.54) is 11.3 Å². The van der Waals surface area contributed by atoms with Crippen molar-refractivity contribution >= 4 is 28.2 Å². The number of hydrogen-bond donors (Lipinski definition) is 3. The summed E-state index contributed by atoms with van der Waals surface area (Å²) >= 11 is 1.30. The van der Waals surface area contributed by atoms with Crippen LogP contribution in [0.25, 0.3) is 0 Å². The topological polar surface area (TPSA) is 84.2 Å². The maximum Gasteiger partial charge on any atom is 0.251 e. The van der Waals surface area contributed by atoms with Crippen molar-refractivity contribution in [1.29, 1.82) is 0 Å². The standard InChI is InChI=1S/C10H13N3O2S/c11-9(15)7-3-4-16-10(7)13-8(14)5-12-6-1-2-6/h3-4,6,12H,1-2,5H2,(H2,11,15)(H,13,14). The summed E-state index contributed by atoms with van der Waals surface area (Å²) in [4.78, 5) is 22.5. The molecule has 16 heavy (non-hydrogen) atoms. The van der Waals surface area contributed by atoms with Gasteiger partial charge in [-0.2, -0.15) is 0 Å². The predicted molar refractivity (Wildman–Crippen MR) is 62.5 cm³/mol. The van der Waals surface area contributed by atoms with Crippen molar-refractivity contribution in [2.24, 2.45) is 5.73 Å². The van der Waals surface area contributed by atoms with Crippen LogP contribution < -0.4 is 16.4 Å². The summed E-state index contributed by atoms with van der Waals surface area (Å²) in [7, 11) is 0. The molecule has 0 aromatic carbocycles. The van der Waals surface area contributed by atoms with E-state index < -0.39 is 5.91 Å². The Balaban J connectivity index is 1.89. The van der Waals surface area contributed by atoms with Gasteiger partial charge in [-0.15, -0.1) is 11.3 Å². The van der Waals surface area contributed by atoms with E-state index in [1.54, 1.807) is 11.4 Å². The van der Waals surface area contributed by atoms with Crippen LogP contribution in [-0.2, 0) is 4.79 Å². The summed E-state index contributed by atoms with van der Waals surface area (Å²) in [6, 6.07) is 2.10. The van der Waals surface area contributed by atoms with Crippen molar-refractivity contribution < 1.29 is 9.59 Å².